The van der Waals surface area contributed by atoms with Gasteiger partial charge in [-0.3, -0.25) is 0 Å². The summed E-state index contributed by atoms with van der Waals surface area (Å²) in [5.74, 6) is 2.45. The highest BCUT2D eigenvalue weighted by atomic mass is 16.5. The first-order valence-corrected chi connectivity index (χ1v) is 6.61. The minimum atomic E-state index is 0.678. The molecule has 0 amide bonds. The lowest BCUT2D eigenvalue weighted by atomic mass is 9.90. The van der Waals surface area contributed by atoms with Gasteiger partial charge in [-0.05, 0) is 36.3 Å². The molecule has 0 radical (unpaired) electrons. The third-order valence-electron chi connectivity index (χ3n) is 3.13. The molecule has 0 saturated heterocycles. The predicted octanol–water partition coefficient (Wildman–Crippen LogP) is 5.11. The highest BCUT2D eigenvalue weighted by molar-refractivity contribution is 5.25. The maximum atomic E-state index is 5.40. The summed E-state index contributed by atoms with van der Waals surface area (Å²) in [6, 6.07) is 0. The average Bonchev–Trinajstić information content (AvgIpc) is 2.28. The normalized spacial score (nSPS) is 14.9. The van der Waals surface area contributed by atoms with Gasteiger partial charge in [0.15, 0.2) is 0 Å². The molecule has 0 rings (SSSR count). The van der Waals surface area contributed by atoms with Crippen LogP contribution in [0.5, 0.6) is 0 Å². The molecule has 1 heteroatoms. The van der Waals surface area contributed by atoms with Crippen molar-refractivity contribution in [3.8, 4) is 0 Å². The molecule has 98 valence electrons. The van der Waals surface area contributed by atoms with Crippen LogP contribution < -0.4 is 0 Å². The average molecular weight is 236 g/mol. The van der Waals surface area contributed by atoms with Crippen LogP contribution in [-0.2, 0) is 4.74 Å². The fourth-order valence-electron chi connectivity index (χ4n) is 1.62. The van der Waals surface area contributed by atoms with Gasteiger partial charge in [-0.2, -0.15) is 0 Å². The number of ether oxygens (including phenoxy) is 1. The minimum absolute atomic E-state index is 0.678. The molecule has 0 heterocycles. The highest BCUT2D eigenvalue weighted by Crippen LogP contribution is 2.22. The Labute approximate surface area is 107 Å². The lowest BCUT2D eigenvalue weighted by Gasteiger charge is -2.16. The van der Waals surface area contributed by atoms with E-state index in [0.29, 0.717) is 11.8 Å². The minimum Gasteiger partial charge on any atom is -0.501 e. The van der Waals surface area contributed by atoms with Crippen LogP contribution in [0.2, 0.25) is 0 Å². The van der Waals surface area contributed by atoms with Crippen LogP contribution in [0.25, 0.3) is 0 Å². The molecule has 1 unspecified atom stereocenters. The quantitative estimate of drug-likeness (QED) is 0.420. The zero-order valence-corrected chi connectivity index (χ0v) is 12.1. The van der Waals surface area contributed by atoms with Gasteiger partial charge in [0.25, 0.3) is 0 Å². The van der Waals surface area contributed by atoms with E-state index >= 15 is 0 Å². The molecule has 0 bridgehead atoms. The van der Waals surface area contributed by atoms with Crippen molar-refractivity contribution in [3.63, 3.8) is 0 Å². The molecular formula is C16H28O. The van der Waals surface area contributed by atoms with Crippen LogP contribution in [-0.4, -0.2) is 7.11 Å². The predicted molar refractivity (Wildman–Crippen MR) is 76.9 cm³/mol. The molecule has 1 nitrogen and oxygen atoms in total. The van der Waals surface area contributed by atoms with Gasteiger partial charge in [-0.25, -0.2) is 0 Å². The van der Waals surface area contributed by atoms with Crippen molar-refractivity contribution in [1.82, 2.24) is 0 Å². The molecule has 1 atom stereocenters. The number of allylic oxidation sites excluding steroid dienone is 5. The molecule has 0 spiro atoms. The Morgan fingerprint density at radius 1 is 1.29 bits per heavy atom. The molecule has 0 aliphatic rings. The van der Waals surface area contributed by atoms with Crippen LogP contribution in [0.3, 0.4) is 0 Å². The van der Waals surface area contributed by atoms with Crippen LogP contribution in [0.15, 0.2) is 36.1 Å². The third kappa shape index (κ3) is 7.04. The zero-order valence-electron chi connectivity index (χ0n) is 12.1. The molecule has 17 heavy (non-hydrogen) atoms. The zero-order chi connectivity index (χ0) is 13.3. The lowest BCUT2D eigenvalue weighted by Crippen LogP contribution is -2.04. The van der Waals surface area contributed by atoms with Gasteiger partial charge < -0.3 is 4.74 Å². The summed E-state index contributed by atoms with van der Waals surface area (Å²) in [5, 5.41) is 0. The Bertz CT molecular complexity index is 271. The molecule has 0 N–H and O–H groups in total. The van der Waals surface area contributed by atoms with Crippen molar-refractivity contribution in [1.29, 1.82) is 0 Å². The topological polar surface area (TPSA) is 9.23 Å². The van der Waals surface area contributed by atoms with Gasteiger partial charge in [0.1, 0.15) is 0 Å². The van der Waals surface area contributed by atoms with E-state index in [2.05, 4.69) is 46.4 Å². The maximum absolute atomic E-state index is 5.40. The van der Waals surface area contributed by atoms with Crippen molar-refractivity contribution in [2.24, 2.45) is 11.8 Å². The summed E-state index contributed by atoms with van der Waals surface area (Å²) in [4.78, 5) is 0. The van der Waals surface area contributed by atoms with Gasteiger partial charge >= 0.3 is 0 Å². The van der Waals surface area contributed by atoms with Crippen LogP contribution in [0, 0.1) is 11.8 Å². The van der Waals surface area contributed by atoms with E-state index in [1.807, 2.05) is 6.08 Å². The molecule has 0 saturated carbocycles. The van der Waals surface area contributed by atoms with E-state index < -0.39 is 0 Å². The lowest BCUT2D eigenvalue weighted by molar-refractivity contribution is 0.275. The van der Waals surface area contributed by atoms with Crippen molar-refractivity contribution < 1.29 is 4.74 Å². The first kappa shape index (κ1) is 16.0. The second-order valence-corrected chi connectivity index (χ2v) is 4.97. The summed E-state index contributed by atoms with van der Waals surface area (Å²) < 4.78 is 5.40. The SMILES string of the molecule is C=C/C=C(\C=C(/CCC)OC)CC(C)C(C)C. The van der Waals surface area contributed by atoms with E-state index in [4.69, 9.17) is 4.74 Å². The summed E-state index contributed by atoms with van der Waals surface area (Å²) in [6.07, 6.45) is 9.32. The van der Waals surface area contributed by atoms with E-state index in [0.717, 1.165) is 25.0 Å². The van der Waals surface area contributed by atoms with E-state index in [9.17, 15) is 0 Å². The molecular weight excluding hydrogens is 208 g/mol. The van der Waals surface area contributed by atoms with Gasteiger partial charge in [-0.15, -0.1) is 0 Å². The number of hydrogen-bond acceptors (Lipinski definition) is 1. The Morgan fingerprint density at radius 3 is 2.35 bits per heavy atom. The van der Waals surface area contributed by atoms with E-state index in [-0.39, 0.29) is 0 Å². The van der Waals surface area contributed by atoms with Gasteiger partial charge in [0, 0.05) is 6.42 Å². The van der Waals surface area contributed by atoms with E-state index in [1.165, 1.54) is 5.57 Å². The number of hydrogen-bond donors (Lipinski definition) is 0. The number of methoxy groups -OCH3 is 1. The molecule has 0 aromatic rings. The monoisotopic (exact) mass is 236 g/mol. The van der Waals surface area contributed by atoms with Crippen molar-refractivity contribution in [3.05, 3.63) is 36.1 Å². The second-order valence-electron chi connectivity index (χ2n) is 4.97. The largest absolute Gasteiger partial charge is 0.501 e. The Kier molecular flexibility index (Phi) is 8.57. The molecule has 0 fully saturated rings. The van der Waals surface area contributed by atoms with Crippen LogP contribution in [0.4, 0.5) is 0 Å². The Balaban J connectivity index is 4.74. The maximum Gasteiger partial charge on any atom is 0.0958 e. The van der Waals surface area contributed by atoms with Crippen molar-refractivity contribution >= 4 is 0 Å². The first-order chi connectivity index (χ1) is 8.04. The van der Waals surface area contributed by atoms with Crippen molar-refractivity contribution in [2.45, 2.75) is 47.0 Å². The fraction of sp³-hybridized carbons (Fsp3) is 0.625. The highest BCUT2D eigenvalue weighted by Gasteiger charge is 2.09. The summed E-state index contributed by atoms with van der Waals surface area (Å²) in [6.45, 7) is 12.8. The first-order valence-electron chi connectivity index (χ1n) is 6.61. The summed E-state index contributed by atoms with van der Waals surface area (Å²) in [7, 11) is 1.75. The smallest absolute Gasteiger partial charge is 0.0958 e. The summed E-state index contributed by atoms with van der Waals surface area (Å²) in [5.41, 5.74) is 1.31. The molecule has 0 aromatic heterocycles. The molecule has 0 aliphatic heterocycles. The van der Waals surface area contributed by atoms with Gasteiger partial charge in [0.2, 0.25) is 0 Å². The van der Waals surface area contributed by atoms with Crippen molar-refractivity contribution in [2.75, 3.05) is 7.11 Å². The third-order valence-corrected chi connectivity index (χ3v) is 3.13. The molecule has 0 aliphatic carbocycles. The second kappa shape index (κ2) is 9.09. The van der Waals surface area contributed by atoms with Crippen LogP contribution >= 0.6 is 0 Å². The number of rotatable bonds is 8. The van der Waals surface area contributed by atoms with Gasteiger partial charge in [0.05, 0.1) is 12.9 Å². The fourth-order valence-corrected chi connectivity index (χ4v) is 1.62. The van der Waals surface area contributed by atoms with Crippen LogP contribution in [0.1, 0.15) is 47.0 Å². The summed E-state index contributed by atoms with van der Waals surface area (Å²) >= 11 is 0. The standard InChI is InChI=1S/C16H28O/c1-7-9-15(11-14(5)13(3)4)12-16(17-6)10-8-2/h7,9,12-14H,1,8,10-11H2,2-6H3/b15-9-,16-12+. The van der Waals surface area contributed by atoms with E-state index in [1.54, 1.807) is 7.11 Å². The molecule has 0 aromatic carbocycles. The Morgan fingerprint density at radius 2 is 1.94 bits per heavy atom. The van der Waals surface area contributed by atoms with Gasteiger partial charge in [-0.1, -0.05) is 46.4 Å². The Hall–Kier alpha value is -0.980.